The van der Waals surface area contributed by atoms with Crippen molar-refractivity contribution in [2.45, 2.75) is 44.4 Å². The van der Waals surface area contributed by atoms with Crippen LogP contribution in [0.5, 0.6) is 11.5 Å². The summed E-state index contributed by atoms with van der Waals surface area (Å²) >= 11 is 0. The Morgan fingerprint density at radius 1 is 0.707 bits per heavy atom. The standard InChI is InChI=1S/C35H37N3O3/c39-33(32-28-5-1-3-7-30(28)41-31-8-4-2-6-29(31)32)38-15-13-37(14-16-38)27-11-9-26(10-12-27)36-34(40)35-20-23-17-24(21-35)19-25(18-23)22-35/h1-12,23-25,32H,13-22H2,(H,36,40). The van der Waals surface area contributed by atoms with Gasteiger partial charge in [-0.2, -0.15) is 0 Å². The first kappa shape index (κ1) is 25.0. The van der Waals surface area contributed by atoms with Gasteiger partial charge >= 0.3 is 0 Å². The van der Waals surface area contributed by atoms with Gasteiger partial charge in [-0.05, 0) is 92.7 Å². The van der Waals surface area contributed by atoms with Crippen LogP contribution in [0.25, 0.3) is 0 Å². The van der Waals surface area contributed by atoms with Crippen molar-refractivity contribution in [3.63, 3.8) is 0 Å². The highest BCUT2D eigenvalue weighted by atomic mass is 16.5. The fourth-order valence-corrected chi connectivity index (χ4v) is 8.95. The van der Waals surface area contributed by atoms with Gasteiger partial charge in [0.05, 0.1) is 11.3 Å². The van der Waals surface area contributed by atoms with Gasteiger partial charge in [0.1, 0.15) is 11.5 Å². The van der Waals surface area contributed by atoms with Gasteiger partial charge in [-0.1, -0.05) is 36.4 Å². The topological polar surface area (TPSA) is 61.9 Å². The second-order valence-corrected chi connectivity index (χ2v) is 13.1. The molecule has 0 spiro atoms. The molecule has 0 aromatic heterocycles. The third-order valence-corrected chi connectivity index (χ3v) is 10.5. The van der Waals surface area contributed by atoms with Crippen LogP contribution in [0.2, 0.25) is 0 Å². The summed E-state index contributed by atoms with van der Waals surface area (Å²) in [5.41, 5.74) is 3.75. The summed E-state index contributed by atoms with van der Waals surface area (Å²) in [5, 5.41) is 3.28. The lowest BCUT2D eigenvalue weighted by atomic mass is 9.49. The minimum atomic E-state index is -0.348. The van der Waals surface area contributed by atoms with Crippen molar-refractivity contribution < 1.29 is 14.3 Å². The Hall–Kier alpha value is -3.80. The number of para-hydroxylation sites is 2. The maximum Gasteiger partial charge on any atom is 0.234 e. The van der Waals surface area contributed by atoms with Crippen molar-refractivity contribution in [1.29, 1.82) is 0 Å². The molecule has 2 heterocycles. The molecule has 41 heavy (non-hydrogen) atoms. The van der Waals surface area contributed by atoms with Crippen LogP contribution in [0, 0.1) is 23.2 Å². The van der Waals surface area contributed by atoms with Crippen LogP contribution >= 0.6 is 0 Å². The number of ether oxygens (including phenoxy) is 1. The van der Waals surface area contributed by atoms with Crippen LogP contribution in [0.3, 0.4) is 0 Å². The van der Waals surface area contributed by atoms with E-state index < -0.39 is 0 Å². The summed E-state index contributed by atoms with van der Waals surface area (Å²) in [6, 6.07) is 24.1. The van der Waals surface area contributed by atoms with Crippen molar-refractivity contribution in [3.8, 4) is 11.5 Å². The number of nitrogens with zero attached hydrogens (tertiary/aromatic N) is 2. The normalized spacial score (nSPS) is 28.0. The number of nitrogens with one attached hydrogen (secondary N) is 1. The number of amides is 2. The van der Waals surface area contributed by atoms with E-state index in [9.17, 15) is 9.59 Å². The molecular formula is C35H37N3O3. The van der Waals surface area contributed by atoms with Crippen molar-refractivity contribution in [1.82, 2.24) is 4.90 Å². The van der Waals surface area contributed by atoms with Crippen LogP contribution in [-0.2, 0) is 9.59 Å². The molecule has 3 aromatic rings. The van der Waals surface area contributed by atoms with Gasteiger partial charge in [0.15, 0.2) is 0 Å². The van der Waals surface area contributed by atoms with Crippen molar-refractivity contribution in [3.05, 3.63) is 83.9 Å². The summed E-state index contributed by atoms with van der Waals surface area (Å²) < 4.78 is 6.11. The Balaban J connectivity index is 0.921. The van der Waals surface area contributed by atoms with Crippen LogP contribution < -0.4 is 15.0 Å². The maximum absolute atomic E-state index is 13.9. The number of piperazine rings is 1. The largest absolute Gasteiger partial charge is 0.457 e. The zero-order valence-corrected chi connectivity index (χ0v) is 23.4. The fourth-order valence-electron chi connectivity index (χ4n) is 8.95. The third-order valence-electron chi connectivity index (χ3n) is 10.5. The van der Waals surface area contributed by atoms with Gasteiger partial charge in [-0.15, -0.1) is 0 Å². The molecule has 6 nitrogen and oxygen atoms in total. The summed E-state index contributed by atoms with van der Waals surface area (Å²) in [4.78, 5) is 31.7. The van der Waals surface area contributed by atoms with Gasteiger partial charge in [-0.25, -0.2) is 0 Å². The lowest BCUT2D eigenvalue weighted by molar-refractivity contribution is -0.140. The summed E-state index contributed by atoms with van der Waals surface area (Å²) in [7, 11) is 0. The molecule has 0 unspecified atom stereocenters. The second kappa shape index (κ2) is 9.64. The average molecular weight is 548 g/mol. The van der Waals surface area contributed by atoms with E-state index in [2.05, 4.69) is 22.3 Å². The number of fused-ring (bicyclic) bond motifs is 2. The summed E-state index contributed by atoms with van der Waals surface area (Å²) in [6.45, 7) is 2.89. The molecule has 1 saturated heterocycles. The molecule has 3 aromatic carbocycles. The molecule has 4 saturated carbocycles. The SMILES string of the molecule is O=C(C1c2ccccc2Oc2ccccc21)N1CCN(c2ccc(NC(=O)C34CC5CC(CC(C5)C3)C4)cc2)CC1. The maximum atomic E-state index is 13.9. The van der Waals surface area contributed by atoms with Crippen LogP contribution in [0.15, 0.2) is 72.8 Å². The Morgan fingerprint density at radius 2 is 1.24 bits per heavy atom. The van der Waals surface area contributed by atoms with Gasteiger partial charge < -0.3 is 19.9 Å². The molecular weight excluding hydrogens is 510 g/mol. The molecule has 4 aliphatic carbocycles. The van der Waals surface area contributed by atoms with Crippen LogP contribution in [0.4, 0.5) is 11.4 Å². The number of rotatable bonds is 4. The van der Waals surface area contributed by atoms with Crippen molar-refractivity contribution in [2.24, 2.45) is 23.2 Å². The van der Waals surface area contributed by atoms with Crippen molar-refractivity contribution in [2.75, 3.05) is 36.4 Å². The lowest BCUT2D eigenvalue weighted by Gasteiger charge is -2.55. The number of carbonyl (C=O) groups excluding carboxylic acids is 2. The first-order chi connectivity index (χ1) is 20.0. The van der Waals surface area contributed by atoms with E-state index in [-0.39, 0.29) is 23.1 Å². The first-order valence-corrected chi connectivity index (χ1v) is 15.4. The zero-order chi connectivity index (χ0) is 27.6. The number of carbonyl (C=O) groups is 2. The fraction of sp³-hybridized carbons (Fsp3) is 0.429. The van der Waals surface area contributed by atoms with Crippen LogP contribution in [0.1, 0.15) is 55.6 Å². The monoisotopic (exact) mass is 547 g/mol. The molecule has 6 aliphatic rings. The molecule has 6 heteroatoms. The number of benzene rings is 3. The highest BCUT2D eigenvalue weighted by molar-refractivity contribution is 5.96. The number of hydrogen-bond donors (Lipinski definition) is 1. The minimum Gasteiger partial charge on any atom is -0.457 e. The van der Waals surface area contributed by atoms with Gasteiger partial charge in [0, 0.05) is 48.7 Å². The van der Waals surface area contributed by atoms with E-state index in [4.69, 9.17) is 4.74 Å². The Morgan fingerprint density at radius 3 is 1.80 bits per heavy atom. The zero-order valence-electron chi connectivity index (χ0n) is 23.4. The van der Waals surface area contributed by atoms with E-state index in [1.807, 2.05) is 65.6 Å². The molecule has 2 amide bonds. The Kier molecular flexibility index (Phi) is 5.87. The molecule has 0 atom stereocenters. The summed E-state index contributed by atoms with van der Waals surface area (Å²) in [6.07, 6.45) is 7.27. The Labute approximate surface area is 241 Å². The van der Waals surface area contributed by atoms with E-state index in [0.717, 1.165) is 84.1 Å². The molecule has 5 fully saturated rings. The molecule has 210 valence electrons. The number of anilines is 2. The Bertz CT molecular complexity index is 1410. The van der Waals surface area contributed by atoms with E-state index in [0.29, 0.717) is 13.1 Å². The third kappa shape index (κ3) is 4.30. The highest BCUT2D eigenvalue weighted by Gasteiger charge is 2.54. The number of hydrogen-bond acceptors (Lipinski definition) is 4. The predicted molar refractivity (Wildman–Crippen MR) is 159 cm³/mol. The van der Waals surface area contributed by atoms with E-state index >= 15 is 0 Å². The van der Waals surface area contributed by atoms with E-state index in [1.165, 1.54) is 19.3 Å². The quantitative estimate of drug-likeness (QED) is 0.409. The molecule has 4 bridgehead atoms. The smallest absolute Gasteiger partial charge is 0.234 e. The summed E-state index contributed by atoms with van der Waals surface area (Å²) in [5.74, 6) is 3.84. The van der Waals surface area contributed by atoms with Crippen LogP contribution in [-0.4, -0.2) is 42.9 Å². The lowest BCUT2D eigenvalue weighted by Crippen LogP contribution is -2.51. The minimum absolute atomic E-state index is 0.135. The first-order valence-electron chi connectivity index (χ1n) is 15.4. The molecule has 9 rings (SSSR count). The van der Waals surface area contributed by atoms with Gasteiger partial charge in [-0.3, -0.25) is 9.59 Å². The second-order valence-electron chi connectivity index (χ2n) is 13.1. The average Bonchev–Trinajstić information content (AvgIpc) is 2.99. The predicted octanol–water partition coefficient (Wildman–Crippen LogP) is 6.43. The highest BCUT2D eigenvalue weighted by Crippen LogP contribution is 2.60. The molecule has 1 N–H and O–H groups in total. The van der Waals surface area contributed by atoms with Gasteiger partial charge in [0.2, 0.25) is 11.8 Å². The van der Waals surface area contributed by atoms with E-state index in [1.54, 1.807) is 0 Å². The van der Waals surface area contributed by atoms with Gasteiger partial charge in [0.25, 0.3) is 0 Å². The van der Waals surface area contributed by atoms with Crippen molar-refractivity contribution >= 4 is 23.2 Å². The molecule has 2 aliphatic heterocycles. The molecule has 0 radical (unpaired) electrons.